The number of thiophene rings is 1. The number of para-hydroxylation sites is 1. The summed E-state index contributed by atoms with van der Waals surface area (Å²) in [6.07, 6.45) is 0. The summed E-state index contributed by atoms with van der Waals surface area (Å²) < 4.78 is 0. The number of benzene rings is 1. The predicted octanol–water partition coefficient (Wildman–Crippen LogP) is 2.05. The molecule has 1 atom stereocenters. The zero-order chi connectivity index (χ0) is 13.7. The average Bonchev–Trinajstić information content (AvgIpc) is 2.84. The number of anilines is 1. The molecule has 0 aliphatic heterocycles. The number of likely N-dealkylation sites (N-methyl/N-ethyl adjacent to an activating group) is 1. The van der Waals surface area contributed by atoms with Crippen LogP contribution in [0.25, 0.3) is 0 Å². The maximum absolute atomic E-state index is 11.9. The van der Waals surface area contributed by atoms with E-state index in [1.165, 1.54) is 5.56 Å². The summed E-state index contributed by atoms with van der Waals surface area (Å²) in [5.74, 6) is -0.0270. The summed E-state index contributed by atoms with van der Waals surface area (Å²) in [7, 11) is 2.00. The van der Waals surface area contributed by atoms with Gasteiger partial charge in [0.2, 0.25) is 0 Å². The Morgan fingerprint density at radius 1 is 1.37 bits per heavy atom. The molecule has 0 spiro atoms. The number of halogens is 1. The third-order valence-electron chi connectivity index (χ3n) is 2.70. The third kappa shape index (κ3) is 4.35. The number of hydrogen-bond donors (Lipinski definition) is 2. The monoisotopic (exact) mass is 295 g/mol. The zero-order valence-corrected chi connectivity index (χ0v) is 12.2. The van der Waals surface area contributed by atoms with Crippen LogP contribution in [0.4, 0.5) is 5.69 Å². The van der Waals surface area contributed by atoms with Gasteiger partial charge in [0.05, 0.1) is 17.8 Å². The molecule has 19 heavy (non-hydrogen) atoms. The summed E-state index contributed by atoms with van der Waals surface area (Å²) in [6.45, 7) is 1.26. The van der Waals surface area contributed by atoms with Crippen molar-refractivity contribution >= 4 is 34.5 Å². The van der Waals surface area contributed by atoms with E-state index in [1.54, 1.807) is 23.5 Å². The second kappa shape index (κ2) is 6.70. The zero-order valence-electron chi connectivity index (χ0n) is 10.7. The Labute approximate surface area is 121 Å². The summed E-state index contributed by atoms with van der Waals surface area (Å²) in [4.78, 5) is 13.1. The fourth-order valence-corrected chi connectivity index (χ4v) is 2.69. The van der Waals surface area contributed by atoms with E-state index >= 15 is 0 Å². The molecule has 0 saturated carbocycles. The van der Waals surface area contributed by atoms with Gasteiger partial charge in [0.25, 0.3) is 5.91 Å². The number of nitrogens with one attached hydrogen (secondary N) is 2. The van der Waals surface area contributed by atoms with E-state index in [0.29, 0.717) is 17.3 Å². The lowest BCUT2D eigenvalue weighted by molar-refractivity contribution is -0.885. The lowest BCUT2D eigenvalue weighted by Gasteiger charge is -2.13. The highest BCUT2D eigenvalue weighted by molar-refractivity contribution is 7.07. The second-order valence-corrected chi connectivity index (χ2v) is 5.66. The normalized spacial score (nSPS) is 12.1. The van der Waals surface area contributed by atoms with Gasteiger partial charge in [0.15, 0.2) is 6.54 Å². The average molecular weight is 296 g/mol. The van der Waals surface area contributed by atoms with Crippen molar-refractivity contribution in [3.63, 3.8) is 0 Å². The van der Waals surface area contributed by atoms with Crippen molar-refractivity contribution in [2.24, 2.45) is 0 Å². The van der Waals surface area contributed by atoms with Crippen LogP contribution in [0.5, 0.6) is 0 Å². The van der Waals surface area contributed by atoms with E-state index < -0.39 is 0 Å². The van der Waals surface area contributed by atoms with Crippen molar-refractivity contribution in [1.29, 1.82) is 0 Å². The molecule has 2 N–H and O–H groups in total. The Bertz CT molecular complexity index is 542. The Morgan fingerprint density at radius 2 is 2.16 bits per heavy atom. The number of quaternary nitrogens is 1. The number of hydrogen-bond acceptors (Lipinski definition) is 2. The minimum Gasteiger partial charge on any atom is -0.326 e. The van der Waals surface area contributed by atoms with Crippen molar-refractivity contribution in [2.75, 3.05) is 18.9 Å². The van der Waals surface area contributed by atoms with Crippen LogP contribution in [-0.2, 0) is 11.3 Å². The molecule has 1 aromatic carbocycles. The van der Waals surface area contributed by atoms with Crippen molar-refractivity contribution in [2.45, 2.75) is 6.54 Å². The van der Waals surface area contributed by atoms with Crippen LogP contribution in [0, 0.1) is 0 Å². The van der Waals surface area contributed by atoms with Crippen LogP contribution in [-0.4, -0.2) is 19.5 Å². The number of amides is 1. The smallest absolute Gasteiger partial charge is 0.279 e. The maximum Gasteiger partial charge on any atom is 0.279 e. The molecule has 2 aromatic rings. The maximum atomic E-state index is 11.9. The molecule has 1 amide bonds. The lowest BCUT2D eigenvalue weighted by atomic mass is 10.3. The number of rotatable bonds is 5. The van der Waals surface area contributed by atoms with Crippen LogP contribution < -0.4 is 10.2 Å². The van der Waals surface area contributed by atoms with Crippen molar-refractivity contribution in [3.05, 3.63) is 51.7 Å². The number of carbonyl (C=O) groups excluding carboxylic acids is 1. The molecule has 0 saturated heterocycles. The quantitative estimate of drug-likeness (QED) is 0.870. The second-order valence-electron chi connectivity index (χ2n) is 4.47. The molecular formula is C14H16ClN2OS+. The molecule has 0 fully saturated rings. The van der Waals surface area contributed by atoms with Crippen LogP contribution >= 0.6 is 22.9 Å². The van der Waals surface area contributed by atoms with Crippen LogP contribution in [0.3, 0.4) is 0 Å². The van der Waals surface area contributed by atoms with E-state index in [-0.39, 0.29) is 5.91 Å². The summed E-state index contributed by atoms with van der Waals surface area (Å²) in [6, 6.07) is 9.34. The van der Waals surface area contributed by atoms with Gasteiger partial charge in [-0.1, -0.05) is 23.7 Å². The van der Waals surface area contributed by atoms with E-state index in [4.69, 9.17) is 11.6 Å². The van der Waals surface area contributed by atoms with Crippen LogP contribution in [0.1, 0.15) is 5.56 Å². The fourth-order valence-electron chi connectivity index (χ4n) is 1.84. The first-order valence-electron chi connectivity index (χ1n) is 6.02. The van der Waals surface area contributed by atoms with Gasteiger partial charge in [-0.25, -0.2) is 0 Å². The summed E-state index contributed by atoms with van der Waals surface area (Å²) >= 11 is 7.67. The highest BCUT2D eigenvalue weighted by Crippen LogP contribution is 2.19. The lowest BCUT2D eigenvalue weighted by Crippen LogP contribution is -3.08. The first kappa shape index (κ1) is 14.1. The SMILES string of the molecule is C[NH+](CC(=O)Nc1ccccc1Cl)Cc1ccsc1. The van der Waals surface area contributed by atoms with Crippen LogP contribution in [0.2, 0.25) is 5.02 Å². The molecule has 0 aliphatic carbocycles. The van der Waals surface area contributed by atoms with Gasteiger partial charge in [-0.2, -0.15) is 11.3 Å². The van der Waals surface area contributed by atoms with Gasteiger partial charge < -0.3 is 10.2 Å². The van der Waals surface area contributed by atoms with E-state index in [2.05, 4.69) is 16.8 Å². The Balaban J connectivity index is 1.86. The molecule has 2 rings (SSSR count). The Morgan fingerprint density at radius 3 is 2.84 bits per heavy atom. The minimum atomic E-state index is -0.0270. The number of carbonyl (C=O) groups is 1. The minimum absolute atomic E-state index is 0.0270. The van der Waals surface area contributed by atoms with E-state index in [9.17, 15) is 4.79 Å². The van der Waals surface area contributed by atoms with Crippen LogP contribution in [0.15, 0.2) is 41.1 Å². The molecule has 0 radical (unpaired) electrons. The molecule has 1 heterocycles. The van der Waals surface area contributed by atoms with Gasteiger partial charge in [0.1, 0.15) is 6.54 Å². The Hall–Kier alpha value is -1.36. The highest BCUT2D eigenvalue weighted by Gasteiger charge is 2.12. The molecule has 1 unspecified atom stereocenters. The third-order valence-corrected chi connectivity index (χ3v) is 3.76. The molecule has 5 heteroatoms. The topological polar surface area (TPSA) is 33.5 Å². The Kier molecular flexibility index (Phi) is 4.96. The van der Waals surface area contributed by atoms with Crippen molar-refractivity contribution < 1.29 is 9.69 Å². The predicted molar refractivity (Wildman–Crippen MR) is 79.9 cm³/mol. The van der Waals surface area contributed by atoms with Gasteiger partial charge in [0, 0.05) is 5.56 Å². The standard InChI is InChI=1S/C14H15ClN2OS/c1-17(8-11-6-7-19-10-11)9-14(18)16-13-5-3-2-4-12(13)15/h2-7,10H,8-9H2,1H3,(H,16,18)/p+1. The van der Waals surface area contributed by atoms with Gasteiger partial charge in [-0.3, -0.25) is 4.79 Å². The molecule has 3 nitrogen and oxygen atoms in total. The van der Waals surface area contributed by atoms with Gasteiger partial charge in [-0.15, -0.1) is 0 Å². The molecule has 0 bridgehead atoms. The fraction of sp³-hybridized carbons (Fsp3) is 0.214. The van der Waals surface area contributed by atoms with E-state index in [1.807, 2.05) is 24.6 Å². The highest BCUT2D eigenvalue weighted by atomic mass is 35.5. The summed E-state index contributed by atoms with van der Waals surface area (Å²) in [5, 5.41) is 7.55. The molecule has 0 aliphatic rings. The molecule has 1 aromatic heterocycles. The first-order chi connectivity index (χ1) is 9.15. The van der Waals surface area contributed by atoms with Crippen molar-refractivity contribution in [1.82, 2.24) is 0 Å². The van der Waals surface area contributed by atoms with Gasteiger partial charge in [-0.05, 0) is 29.0 Å². The summed E-state index contributed by atoms with van der Waals surface area (Å²) in [5.41, 5.74) is 1.92. The molecular weight excluding hydrogens is 280 g/mol. The van der Waals surface area contributed by atoms with E-state index in [0.717, 1.165) is 11.4 Å². The molecule has 100 valence electrons. The van der Waals surface area contributed by atoms with Gasteiger partial charge >= 0.3 is 0 Å². The largest absolute Gasteiger partial charge is 0.326 e. The first-order valence-corrected chi connectivity index (χ1v) is 7.34. The van der Waals surface area contributed by atoms with Crippen molar-refractivity contribution in [3.8, 4) is 0 Å².